The van der Waals surface area contributed by atoms with Gasteiger partial charge < -0.3 is 14.9 Å². The molecule has 0 bridgehead atoms. The lowest BCUT2D eigenvalue weighted by Crippen LogP contribution is -2.06. The van der Waals surface area contributed by atoms with Crippen molar-refractivity contribution in [3.8, 4) is 0 Å². The fourth-order valence-electron chi connectivity index (χ4n) is 0.332. The first-order valence-electron chi connectivity index (χ1n) is 4.64. The first-order valence-corrected chi connectivity index (χ1v) is 4.64. The molecular formula is C10H22O5. The van der Waals surface area contributed by atoms with Crippen molar-refractivity contribution in [1.29, 1.82) is 0 Å². The summed E-state index contributed by atoms with van der Waals surface area (Å²) >= 11 is 0. The van der Waals surface area contributed by atoms with E-state index in [4.69, 9.17) is 15.0 Å². The lowest BCUT2D eigenvalue weighted by Gasteiger charge is -2.01. The molecule has 0 saturated heterocycles. The molecule has 0 saturated carbocycles. The van der Waals surface area contributed by atoms with Crippen molar-refractivity contribution in [2.75, 3.05) is 0 Å². The molecule has 0 aliphatic heterocycles. The van der Waals surface area contributed by atoms with E-state index in [1.54, 1.807) is 13.8 Å². The summed E-state index contributed by atoms with van der Waals surface area (Å²) in [6.45, 7) is 9.57. The molecule has 0 unspecified atom stereocenters. The summed E-state index contributed by atoms with van der Waals surface area (Å²) in [5, 5.41) is 15.5. The lowest BCUT2D eigenvalue weighted by molar-refractivity contribution is -0.144. The molecule has 5 nitrogen and oxygen atoms in total. The first kappa shape index (κ1) is 19.5. The number of hydrogen-bond donors (Lipinski definition) is 2. The van der Waals surface area contributed by atoms with Gasteiger partial charge in [-0.25, -0.2) is 0 Å². The van der Waals surface area contributed by atoms with Crippen molar-refractivity contribution in [2.45, 2.75) is 53.8 Å². The van der Waals surface area contributed by atoms with Crippen molar-refractivity contribution in [2.24, 2.45) is 0 Å². The number of aliphatic hydroxyl groups is 1. The van der Waals surface area contributed by atoms with Crippen LogP contribution in [0.4, 0.5) is 0 Å². The number of hydrogen-bond acceptors (Lipinski definition) is 4. The molecule has 0 rings (SSSR count). The Hall–Kier alpha value is -1.10. The van der Waals surface area contributed by atoms with Crippen molar-refractivity contribution in [3.05, 3.63) is 0 Å². The van der Waals surface area contributed by atoms with Crippen LogP contribution in [0.25, 0.3) is 0 Å². The highest BCUT2D eigenvalue weighted by molar-refractivity contribution is 5.66. The third-order valence-corrected chi connectivity index (χ3v) is 0.402. The van der Waals surface area contributed by atoms with Crippen LogP contribution in [0.5, 0.6) is 0 Å². The summed E-state index contributed by atoms with van der Waals surface area (Å²) in [6.07, 6.45) is -0.141. The quantitative estimate of drug-likeness (QED) is 0.656. The molecule has 5 heteroatoms. The van der Waals surface area contributed by atoms with E-state index in [1.165, 1.54) is 6.92 Å². The lowest BCUT2D eigenvalue weighted by atomic mass is 10.5. The zero-order valence-corrected chi connectivity index (χ0v) is 10.3. The summed E-state index contributed by atoms with van der Waals surface area (Å²) in [5.74, 6) is -1.05. The Bertz CT molecular complexity index is 156. The molecule has 0 amide bonds. The second-order valence-electron chi connectivity index (χ2n) is 3.27. The number of carboxylic acids is 1. The molecule has 15 heavy (non-hydrogen) atoms. The maximum absolute atomic E-state index is 10.0. The maximum atomic E-state index is 10.0. The van der Waals surface area contributed by atoms with Crippen LogP contribution in [0.3, 0.4) is 0 Å². The summed E-state index contributed by atoms with van der Waals surface area (Å²) in [7, 11) is 0. The van der Waals surface area contributed by atoms with Gasteiger partial charge in [-0.1, -0.05) is 0 Å². The van der Waals surface area contributed by atoms with E-state index in [0.717, 1.165) is 6.92 Å². The molecule has 0 aromatic heterocycles. The minimum Gasteiger partial charge on any atom is -0.481 e. The average Bonchev–Trinajstić information content (AvgIpc) is 1.78. The van der Waals surface area contributed by atoms with E-state index in [-0.39, 0.29) is 18.2 Å². The largest absolute Gasteiger partial charge is 0.481 e. The number of carbonyl (C=O) groups excluding carboxylic acids is 1. The van der Waals surface area contributed by atoms with E-state index in [0.29, 0.717) is 0 Å². The van der Waals surface area contributed by atoms with Gasteiger partial charge in [-0.05, 0) is 27.7 Å². The van der Waals surface area contributed by atoms with Crippen molar-refractivity contribution < 1.29 is 24.5 Å². The van der Waals surface area contributed by atoms with Crippen LogP contribution < -0.4 is 0 Å². The van der Waals surface area contributed by atoms with Gasteiger partial charge in [-0.15, -0.1) is 0 Å². The summed E-state index contributed by atoms with van der Waals surface area (Å²) in [4.78, 5) is 19.0. The number of carboxylic acid groups (broad SMARTS) is 1. The van der Waals surface area contributed by atoms with Gasteiger partial charge in [0.2, 0.25) is 0 Å². The van der Waals surface area contributed by atoms with Crippen LogP contribution in [0.15, 0.2) is 0 Å². The van der Waals surface area contributed by atoms with Gasteiger partial charge in [-0.2, -0.15) is 0 Å². The normalized spacial score (nSPS) is 8.33. The van der Waals surface area contributed by atoms with Gasteiger partial charge >= 0.3 is 5.97 Å². The van der Waals surface area contributed by atoms with E-state index in [2.05, 4.69) is 4.74 Å². The molecule has 0 aliphatic rings. The number of ether oxygens (including phenoxy) is 1. The molecule has 0 radical (unpaired) electrons. The Morgan fingerprint density at radius 1 is 1.07 bits per heavy atom. The van der Waals surface area contributed by atoms with Crippen molar-refractivity contribution in [1.82, 2.24) is 0 Å². The molecule has 0 aromatic rings. The smallest absolute Gasteiger partial charge is 0.302 e. The third-order valence-electron chi connectivity index (χ3n) is 0.402. The molecule has 0 atom stereocenters. The predicted molar refractivity (Wildman–Crippen MR) is 57.6 cm³/mol. The van der Waals surface area contributed by atoms with Gasteiger partial charge in [-0.3, -0.25) is 9.59 Å². The van der Waals surface area contributed by atoms with Crippen LogP contribution in [-0.2, 0) is 14.3 Å². The molecule has 0 aromatic carbocycles. The Balaban J connectivity index is -0.000000155. The van der Waals surface area contributed by atoms with Gasteiger partial charge in [0.25, 0.3) is 5.97 Å². The average molecular weight is 222 g/mol. The molecule has 0 spiro atoms. The van der Waals surface area contributed by atoms with Gasteiger partial charge in [0, 0.05) is 20.0 Å². The van der Waals surface area contributed by atoms with E-state index in [9.17, 15) is 4.79 Å². The standard InChI is InChI=1S/C5H10O2.C3H8O.C2H4O2/c1-4(2)7-5(3)6;1-3(2)4;1-2(3)4/h4H,1-3H3;3-4H,1-2H3;1H3,(H,3,4). The maximum Gasteiger partial charge on any atom is 0.302 e. The molecular weight excluding hydrogens is 200 g/mol. The highest BCUT2D eigenvalue weighted by atomic mass is 16.5. The predicted octanol–water partition coefficient (Wildman–Crippen LogP) is 1.44. The van der Waals surface area contributed by atoms with Gasteiger partial charge in [0.15, 0.2) is 0 Å². The van der Waals surface area contributed by atoms with Crippen LogP contribution in [0, 0.1) is 0 Å². The number of rotatable bonds is 1. The fraction of sp³-hybridized carbons (Fsp3) is 0.800. The Morgan fingerprint density at radius 2 is 1.27 bits per heavy atom. The van der Waals surface area contributed by atoms with Crippen molar-refractivity contribution >= 4 is 11.9 Å². The molecule has 92 valence electrons. The summed E-state index contributed by atoms with van der Waals surface area (Å²) in [6, 6.07) is 0. The van der Waals surface area contributed by atoms with E-state index in [1.807, 2.05) is 13.8 Å². The third kappa shape index (κ3) is 182. The SMILES string of the molecule is CC(=O)O.CC(=O)OC(C)C.CC(C)O. The topological polar surface area (TPSA) is 83.8 Å². The van der Waals surface area contributed by atoms with Crippen LogP contribution >= 0.6 is 0 Å². The number of esters is 1. The Kier molecular flexibility index (Phi) is 16.7. The molecule has 0 fully saturated rings. The summed E-state index contributed by atoms with van der Waals surface area (Å²) < 4.78 is 4.61. The Morgan fingerprint density at radius 3 is 1.27 bits per heavy atom. The molecule has 0 heterocycles. The second-order valence-corrected chi connectivity index (χ2v) is 3.27. The summed E-state index contributed by atoms with van der Waals surface area (Å²) in [5.41, 5.74) is 0. The highest BCUT2D eigenvalue weighted by Gasteiger charge is 1.93. The minimum absolute atomic E-state index is 0.0255. The zero-order chi connectivity index (χ0) is 13.0. The minimum atomic E-state index is -0.833. The van der Waals surface area contributed by atoms with Gasteiger partial charge in [0.05, 0.1) is 6.10 Å². The monoisotopic (exact) mass is 222 g/mol. The first-order chi connectivity index (χ1) is 6.59. The van der Waals surface area contributed by atoms with Crippen molar-refractivity contribution in [3.63, 3.8) is 0 Å². The Labute approximate surface area is 91.1 Å². The number of carbonyl (C=O) groups is 2. The van der Waals surface area contributed by atoms with Gasteiger partial charge in [0.1, 0.15) is 0 Å². The van der Waals surface area contributed by atoms with Crippen LogP contribution in [0.2, 0.25) is 0 Å². The molecule has 0 aliphatic carbocycles. The molecule has 2 N–H and O–H groups in total. The number of aliphatic carboxylic acids is 1. The second kappa shape index (κ2) is 12.9. The van der Waals surface area contributed by atoms with E-state index >= 15 is 0 Å². The number of aliphatic hydroxyl groups excluding tert-OH is 1. The van der Waals surface area contributed by atoms with Crippen LogP contribution in [0.1, 0.15) is 41.5 Å². The highest BCUT2D eigenvalue weighted by Crippen LogP contribution is 1.85. The van der Waals surface area contributed by atoms with E-state index < -0.39 is 5.97 Å². The fourth-order valence-corrected chi connectivity index (χ4v) is 0.332. The zero-order valence-electron chi connectivity index (χ0n) is 10.3. The van der Waals surface area contributed by atoms with Crippen LogP contribution in [-0.4, -0.2) is 34.4 Å².